The van der Waals surface area contributed by atoms with Crippen LogP contribution in [0.1, 0.15) is 27.0 Å². The smallest absolute Gasteiger partial charge is 0.240 e. The average molecular weight is 300 g/mol. The van der Waals surface area contributed by atoms with Crippen molar-refractivity contribution >= 4 is 24.0 Å². The molecule has 3 nitrogen and oxygen atoms in total. The Morgan fingerprint density at radius 1 is 0.952 bits per heavy atom. The number of rotatable bonds is 4. The van der Waals surface area contributed by atoms with Gasteiger partial charge in [0.1, 0.15) is 0 Å². The lowest BCUT2D eigenvalue weighted by atomic mass is 9.99. The molecule has 0 saturated carbocycles. The summed E-state index contributed by atoms with van der Waals surface area (Å²) in [7, 11) is -3.76. The molecule has 0 spiro atoms. The van der Waals surface area contributed by atoms with Crippen molar-refractivity contribution in [2.24, 2.45) is 0 Å². The quantitative estimate of drug-likeness (QED) is 0.640. The maximum atomic E-state index is 13.0. The van der Waals surface area contributed by atoms with Crippen LogP contribution in [0.3, 0.4) is 0 Å². The largest absolute Gasteiger partial charge is 0.302 e. The van der Waals surface area contributed by atoms with Crippen LogP contribution < -0.4 is 5.30 Å². The molecule has 0 fully saturated rings. The predicted molar refractivity (Wildman–Crippen MR) is 85.4 cm³/mol. The lowest BCUT2D eigenvalue weighted by molar-refractivity contribution is 0.107. The number of benzene rings is 2. The van der Waals surface area contributed by atoms with Crippen LogP contribution in [0.25, 0.3) is 0 Å². The van der Waals surface area contributed by atoms with E-state index in [1.165, 1.54) is 0 Å². The first-order valence-electron chi connectivity index (χ1n) is 6.65. The maximum absolute atomic E-state index is 13.0. The highest BCUT2D eigenvalue weighted by Gasteiger charge is 2.36. The summed E-state index contributed by atoms with van der Waals surface area (Å²) in [6.07, 6.45) is 0. The van der Waals surface area contributed by atoms with Crippen molar-refractivity contribution in [3.63, 3.8) is 0 Å². The Kier molecular flexibility index (Phi) is 4.24. The normalized spacial score (nSPS) is 13.5. The van der Waals surface area contributed by atoms with Crippen molar-refractivity contribution in [1.82, 2.24) is 0 Å². The van der Waals surface area contributed by atoms with E-state index in [-0.39, 0.29) is 5.30 Å². The van der Waals surface area contributed by atoms with Gasteiger partial charge in [-0.3, -0.25) is 9.59 Å². The number of hydrogen-bond donors (Lipinski definition) is 0. The summed E-state index contributed by atoms with van der Waals surface area (Å²) in [5.74, 6) is 0. The van der Waals surface area contributed by atoms with E-state index < -0.39 is 12.7 Å². The average Bonchev–Trinajstić information content (AvgIpc) is 2.51. The van der Waals surface area contributed by atoms with E-state index in [0.29, 0.717) is 11.6 Å². The van der Waals surface area contributed by atoms with Crippen LogP contribution in [0.4, 0.5) is 0 Å². The summed E-state index contributed by atoms with van der Waals surface area (Å²) in [4.78, 5) is 24.3. The standard InChI is InChI=1S/C17H17O3P/c1-12-9-10-13(2)16(14(12)3)17(19)21(20,11-18)15-7-5-4-6-8-15/h4-11H,1-3H3. The Labute approximate surface area is 124 Å². The van der Waals surface area contributed by atoms with Crippen LogP contribution in [0, 0.1) is 20.8 Å². The minimum absolute atomic E-state index is 0.283. The fourth-order valence-corrected chi connectivity index (χ4v) is 4.07. The van der Waals surface area contributed by atoms with Crippen molar-refractivity contribution < 1.29 is 14.2 Å². The monoisotopic (exact) mass is 300 g/mol. The molecule has 108 valence electrons. The molecule has 0 aliphatic rings. The second-order valence-corrected chi connectivity index (χ2v) is 7.55. The molecule has 0 N–H and O–H groups in total. The molecule has 0 heterocycles. The second-order valence-electron chi connectivity index (χ2n) is 5.10. The molecule has 0 aromatic heterocycles. The minimum Gasteiger partial charge on any atom is -0.302 e. The number of hydrogen-bond acceptors (Lipinski definition) is 3. The zero-order valence-electron chi connectivity index (χ0n) is 12.3. The van der Waals surface area contributed by atoms with E-state index >= 15 is 0 Å². The highest BCUT2D eigenvalue weighted by molar-refractivity contribution is 7.98. The Morgan fingerprint density at radius 2 is 1.52 bits per heavy atom. The van der Waals surface area contributed by atoms with Gasteiger partial charge in [-0.25, -0.2) is 0 Å². The van der Waals surface area contributed by atoms with Gasteiger partial charge in [-0.1, -0.05) is 42.5 Å². The zero-order valence-corrected chi connectivity index (χ0v) is 13.2. The number of aryl methyl sites for hydroxylation is 2. The highest BCUT2D eigenvalue weighted by atomic mass is 31.2. The highest BCUT2D eigenvalue weighted by Crippen LogP contribution is 2.46. The Balaban J connectivity index is 2.66. The Hall–Kier alpha value is -1.99. The molecule has 0 aliphatic heterocycles. The second kappa shape index (κ2) is 5.79. The molecule has 1 atom stereocenters. The molecule has 2 aromatic rings. The summed E-state index contributed by atoms with van der Waals surface area (Å²) in [5.41, 5.74) is 2.27. The fraction of sp³-hybridized carbons (Fsp3) is 0.176. The molecule has 21 heavy (non-hydrogen) atoms. The Morgan fingerprint density at radius 3 is 2.10 bits per heavy atom. The molecule has 2 aromatic carbocycles. The summed E-state index contributed by atoms with van der Waals surface area (Å²) >= 11 is 0. The SMILES string of the molecule is Cc1ccc(C)c(C(=O)P(=O)(C=O)c2ccccc2)c1C. The first kappa shape index (κ1) is 15.4. The van der Waals surface area contributed by atoms with Crippen LogP contribution in [0.5, 0.6) is 0 Å². The molecular weight excluding hydrogens is 283 g/mol. The third-order valence-electron chi connectivity index (χ3n) is 3.75. The van der Waals surface area contributed by atoms with Gasteiger partial charge in [-0.05, 0) is 37.5 Å². The van der Waals surface area contributed by atoms with Gasteiger partial charge in [0.05, 0.1) is 0 Å². The molecule has 0 saturated heterocycles. The molecule has 0 bridgehead atoms. The van der Waals surface area contributed by atoms with Gasteiger partial charge in [-0.15, -0.1) is 0 Å². The van der Waals surface area contributed by atoms with Crippen LogP contribution in [0.2, 0.25) is 0 Å². The fourth-order valence-electron chi connectivity index (χ4n) is 2.32. The summed E-state index contributed by atoms with van der Waals surface area (Å²) in [6, 6.07) is 12.3. The third kappa shape index (κ3) is 2.62. The van der Waals surface area contributed by atoms with Gasteiger partial charge in [0.25, 0.3) is 0 Å². The predicted octanol–water partition coefficient (Wildman–Crippen LogP) is 3.63. The third-order valence-corrected chi connectivity index (χ3v) is 5.94. The van der Waals surface area contributed by atoms with Gasteiger partial charge < -0.3 is 4.57 Å². The van der Waals surface area contributed by atoms with Crippen molar-refractivity contribution in [3.8, 4) is 0 Å². The summed E-state index contributed by atoms with van der Waals surface area (Å²) < 4.78 is 13.0. The van der Waals surface area contributed by atoms with Gasteiger partial charge in [0.2, 0.25) is 12.7 Å². The van der Waals surface area contributed by atoms with Gasteiger partial charge in [0.15, 0.2) is 6.03 Å². The van der Waals surface area contributed by atoms with E-state index in [0.717, 1.165) is 16.7 Å². The van der Waals surface area contributed by atoms with Crippen LogP contribution in [0.15, 0.2) is 42.5 Å². The first-order valence-corrected chi connectivity index (χ1v) is 8.43. The van der Waals surface area contributed by atoms with E-state index in [1.54, 1.807) is 37.3 Å². The molecule has 0 amide bonds. The maximum Gasteiger partial charge on any atom is 0.240 e. The van der Waals surface area contributed by atoms with Crippen molar-refractivity contribution in [2.45, 2.75) is 20.8 Å². The van der Waals surface area contributed by atoms with Gasteiger partial charge in [-0.2, -0.15) is 0 Å². The Bertz CT molecular complexity index is 748. The van der Waals surface area contributed by atoms with E-state index in [2.05, 4.69) is 0 Å². The molecule has 4 heteroatoms. The van der Waals surface area contributed by atoms with Gasteiger partial charge >= 0.3 is 0 Å². The molecule has 0 aliphatic carbocycles. The lowest BCUT2D eigenvalue weighted by Crippen LogP contribution is -2.16. The zero-order chi connectivity index (χ0) is 15.6. The molecular formula is C17H17O3P. The number of carbonyl (C=O) groups excluding carboxylic acids is 2. The van der Waals surface area contributed by atoms with Crippen molar-refractivity contribution in [2.75, 3.05) is 0 Å². The molecule has 0 radical (unpaired) electrons. The lowest BCUT2D eigenvalue weighted by Gasteiger charge is -2.16. The van der Waals surface area contributed by atoms with E-state index in [1.807, 2.05) is 26.0 Å². The van der Waals surface area contributed by atoms with E-state index in [4.69, 9.17) is 0 Å². The first-order chi connectivity index (χ1) is 9.91. The minimum atomic E-state index is -3.76. The topological polar surface area (TPSA) is 51.2 Å². The summed E-state index contributed by atoms with van der Waals surface area (Å²) in [5, 5.41) is 0.283. The van der Waals surface area contributed by atoms with E-state index in [9.17, 15) is 14.2 Å². The van der Waals surface area contributed by atoms with Crippen molar-refractivity contribution in [3.05, 3.63) is 64.7 Å². The number of carbonyl (C=O) groups is 2. The van der Waals surface area contributed by atoms with Crippen molar-refractivity contribution in [1.29, 1.82) is 0 Å². The summed E-state index contributed by atoms with van der Waals surface area (Å²) in [6.45, 7) is 5.50. The van der Waals surface area contributed by atoms with Crippen LogP contribution in [-0.2, 0) is 9.36 Å². The molecule has 2 rings (SSSR count). The van der Waals surface area contributed by atoms with Crippen LogP contribution in [-0.4, -0.2) is 11.6 Å². The van der Waals surface area contributed by atoms with Crippen LogP contribution >= 0.6 is 7.14 Å². The van der Waals surface area contributed by atoms with Gasteiger partial charge in [0, 0.05) is 10.9 Å². The molecule has 1 unspecified atom stereocenters.